The van der Waals surface area contributed by atoms with Crippen LogP contribution in [-0.4, -0.2) is 51.3 Å². The molecule has 1 aliphatic rings. The molecule has 1 saturated heterocycles. The van der Waals surface area contributed by atoms with Gasteiger partial charge in [-0.1, -0.05) is 29.8 Å². The van der Waals surface area contributed by atoms with E-state index in [9.17, 15) is 9.59 Å². The Morgan fingerprint density at radius 2 is 2.06 bits per heavy atom. The highest BCUT2D eigenvalue weighted by atomic mass is 35.5. The number of likely N-dealkylation sites (tertiary alicyclic amines) is 1. The molecule has 1 fully saturated rings. The first-order valence-electron chi connectivity index (χ1n) is 10.3. The molecule has 9 heteroatoms. The second-order valence-electron chi connectivity index (χ2n) is 7.58. The second kappa shape index (κ2) is 10.1. The van der Waals surface area contributed by atoms with E-state index in [2.05, 4.69) is 20.3 Å². The van der Waals surface area contributed by atoms with E-state index in [1.54, 1.807) is 12.5 Å². The molecular weight excluding hydrogens is 434 g/mol. The number of nitrogens with one attached hydrogen (secondary N) is 2. The van der Waals surface area contributed by atoms with Crippen molar-refractivity contribution in [2.45, 2.75) is 31.6 Å². The molecule has 0 bridgehead atoms. The third-order valence-corrected chi connectivity index (χ3v) is 6.86. The van der Waals surface area contributed by atoms with Crippen LogP contribution in [0.2, 0.25) is 5.02 Å². The van der Waals surface area contributed by atoms with Gasteiger partial charge in [-0.3, -0.25) is 9.59 Å². The van der Waals surface area contributed by atoms with Crippen LogP contribution in [0.5, 0.6) is 0 Å². The van der Waals surface area contributed by atoms with Crippen LogP contribution in [0, 0.1) is 0 Å². The van der Waals surface area contributed by atoms with E-state index in [1.807, 2.05) is 34.5 Å². The molecule has 1 aromatic carbocycles. The Morgan fingerprint density at radius 3 is 2.81 bits per heavy atom. The summed E-state index contributed by atoms with van der Waals surface area (Å²) in [7, 11) is 0. The van der Waals surface area contributed by atoms with Crippen LogP contribution in [0.1, 0.15) is 45.5 Å². The van der Waals surface area contributed by atoms with Gasteiger partial charge in [-0.2, -0.15) is 0 Å². The maximum atomic E-state index is 12.6. The van der Waals surface area contributed by atoms with E-state index in [4.69, 9.17) is 11.6 Å². The molecule has 31 heavy (non-hydrogen) atoms. The lowest BCUT2D eigenvalue weighted by Crippen LogP contribution is -2.38. The first kappa shape index (κ1) is 21.5. The normalized spacial score (nSPS) is 14.5. The molecule has 7 nitrogen and oxygen atoms in total. The minimum atomic E-state index is -0.158. The number of H-pyrrole nitrogens is 1. The number of amides is 2. The number of rotatable bonds is 7. The number of carbonyl (C=O) groups excluding carboxylic acids is 2. The van der Waals surface area contributed by atoms with Gasteiger partial charge in [-0.05, 0) is 24.5 Å². The van der Waals surface area contributed by atoms with Crippen molar-refractivity contribution < 1.29 is 9.59 Å². The average Bonchev–Trinajstić information content (AvgIpc) is 3.48. The number of nitrogens with zero attached hydrogens (tertiary/aromatic N) is 3. The second-order valence-corrected chi connectivity index (χ2v) is 8.87. The quantitative estimate of drug-likeness (QED) is 0.568. The van der Waals surface area contributed by atoms with E-state index < -0.39 is 0 Å². The minimum Gasteiger partial charge on any atom is -0.350 e. The van der Waals surface area contributed by atoms with Gasteiger partial charge in [0.2, 0.25) is 5.91 Å². The van der Waals surface area contributed by atoms with E-state index in [-0.39, 0.29) is 17.7 Å². The molecule has 162 valence electrons. The molecule has 2 amide bonds. The molecule has 3 heterocycles. The molecule has 0 saturated carbocycles. The van der Waals surface area contributed by atoms with Gasteiger partial charge in [0.1, 0.15) is 5.69 Å². The third kappa shape index (κ3) is 5.51. The predicted octanol–water partition coefficient (Wildman–Crippen LogP) is 3.44. The molecule has 2 N–H and O–H groups in total. The van der Waals surface area contributed by atoms with Crippen molar-refractivity contribution >= 4 is 34.8 Å². The number of hydrogen-bond donors (Lipinski definition) is 2. The zero-order valence-corrected chi connectivity index (χ0v) is 18.6. The summed E-state index contributed by atoms with van der Waals surface area (Å²) >= 11 is 7.70. The number of benzene rings is 1. The van der Waals surface area contributed by atoms with Crippen molar-refractivity contribution in [3.8, 4) is 0 Å². The number of piperidine rings is 1. The standard InChI is InChI=1S/C22H24ClN5O2S/c23-18-4-2-1-3-16(18)11-20(29)28-9-6-15(7-10-28)22-27-19(13-31-22)21(30)25-8-5-17-12-24-14-26-17/h1-4,12-15H,5-11H2,(H,24,26)(H,25,30). The van der Waals surface area contributed by atoms with Gasteiger partial charge < -0.3 is 15.2 Å². The fraction of sp³-hybridized carbons (Fsp3) is 0.364. The average molecular weight is 458 g/mol. The van der Waals surface area contributed by atoms with Gasteiger partial charge in [-0.25, -0.2) is 9.97 Å². The van der Waals surface area contributed by atoms with Gasteiger partial charge in [0.25, 0.3) is 5.91 Å². The smallest absolute Gasteiger partial charge is 0.270 e. The van der Waals surface area contributed by atoms with Crippen molar-refractivity contribution in [1.29, 1.82) is 0 Å². The molecule has 0 radical (unpaired) electrons. The minimum absolute atomic E-state index is 0.100. The van der Waals surface area contributed by atoms with Gasteiger partial charge >= 0.3 is 0 Å². The molecule has 1 aliphatic heterocycles. The number of hydrogen-bond acceptors (Lipinski definition) is 5. The summed E-state index contributed by atoms with van der Waals surface area (Å²) in [6, 6.07) is 7.46. The number of imidazole rings is 1. The summed E-state index contributed by atoms with van der Waals surface area (Å²) in [6.07, 6.45) is 6.09. The Morgan fingerprint density at radius 1 is 1.26 bits per heavy atom. The molecule has 0 spiro atoms. The molecular formula is C22H24ClN5O2S. The summed E-state index contributed by atoms with van der Waals surface area (Å²) in [5.74, 6) is 0.221. The lowest BCUT2D eigenvalue weighted by molar-refractivity contribution is -0.131. The van der Waals surface area contributed by atoms with Gasteiger partial charge in [0, 0.05) is 54.3 Å². The summed E-state index contributed by atoms with van der Waals surface area (Å²) in [6.45, 7) is 1.91. The lowest BCUT2D eigenvalue weighted by atomic mass is 9.97. The van der Waals surface area contributed by atoms with Crippen molar-refractivity contribution in [2.75, 3.05) is 19.6 Å². The van der Waals surface area contributed by atoms with Crippen LogP contribution in [0.25, 0.3) is 0 Å². The van der Waals surface area contributed by atoms with Gasteiger partial charge in [0.05, 0.1) is 17.8 Å². The van der Waals surface area contributed by atoms with Gasteiger partial charge in [0.15, 0.2) is 0 Å². The Labute approximate surface area is 189 Å². The summed E-state index contributed by atoms with van der Waals surface area (Å²) in [5.41, 5.74) is 2.30. The van der Waals surface area contributed by atoms with Crippen LogP contribution in [0.15, 0.2) is 42.2 Å². The highest BCUT2D eigenvalue weighted by molar-refractivity contribution is 7.09. The number of aromatic nitrogens is 3. The van der Waals surface area contributed by atoms with Crippen LogP contribution in [0.4, 0.5) is 0 Å². The van der Waals surface area contributed by atoms with Gasteiger partial charge in [-0.15, -0.1) is 11.3 Å². The molecule has 0 aliphatic carbocycles. The summed E-state index contributed by atoms with van der Waals surface area (Å²) in [5, 5.41) is 6.31. The maximum absolute atomic E-state index is 12.6. The monoisotopic (exact) mass is 457 g/mol. The molecule has 2 aromatic heterocycles. The fourth-order valence-corrected chi connectivity index (χ4v) is 4.87. The first-order chi connectivity index (χ1) is 15.1. The predicted molar refractivity (Wildman–Crippen MR) is 120 cm³/mol. The highest BCUT2D eigenvalue weighted by Gasteiger charge is 2.26. The Bertz CT molecular complexity index is 1030. The molecule has 4 rings (SSSR count). The van der Waals surface area contributed by atoms with Crippen molar-refractivity contribution in [3.05, 3.63) is 69.2 Å². The van der Waals surface area contributed by atoms with Crippen molar-refractivity contribution in [2.24, 2.45) is 0 Å². The van der Waals surface area contributed by atoms with Crippen LogP contribution < -0.4 is 5.32 Å². The number of carbonyl (C=O) groups is 2. The summed E-state index contributed by atoms with van der Waals surface area (Å²) < 4.78 is 0. The van der Waals surface area contributed by atoms with Crippen LogP contribution in [0.3, 0.4) is 0 Å². The highest BCUT2D eigenvalue weighted by Crippen LogP contribution is 2.30. The molecule has 3 aromatic rings. The topological polar surface area (TPSA) is 91.0 Å². The van der Waals surface area contributed by atoms with E-state index in [0.29, 0.717) is 43.2 Å². The Hall–Kier alpha value is -2.71. The Kier molecular flexibility index (Phi) is 6.99. The zero-order chi connectivity index (χ0) is 21.6. The van der Waals surface area contributed by atoms with Crippen molar-refractivity contribution in [3.63, 3.8) is 0 Å². The van der Waals surface area contributed by atoms with E-state index >= 15 is 0 Å². The zero-order valence-electron chi connectivity index (χ0n) is 17.0. The van der Waals surface area contributed by atoms with E-state index in [1.165, 1.54) is 11.3 Å². The summed E-state index contributed by atoms with van der Waals surface area (Å²) in [4.78, 5) is 38.4. The number of thiazole rings is 1. The number of halogens is 1. The van der Waals surface area contributed by atoms with E-state index in [0.717, 1.165) is 29.1 Å². The largest absolute Gasteiger partial charge is 0.350 e. The molecule has 0 atom stereocenters. The number of aromatic amines is 1. The maximum Gasteiger partial charge on any atom is 0.270 e. The first-order valence-corrected chi connectivity index (χ1v) is 11.6. The van der Waals surface area contributed by atoms with Crippen LogP contribution in [-0.2, 0) is 17.6 Å². The van der Waals surface area contributed by atoms with Crippen molar-refractivity contribution in [1.82, 2.24) is 25.2 Å². The Balaban J connectivity index is 1.25. The molecule has 0 unspecified atom stereocenters. The third-order valence-electron chi connectivity index (χ3n) is 5.49. The fourth-order valence-electron chi connectivity index (χ4n) is 3.69. The lowest BCUT2D eigenvalue weighted by Gasteiger charge is -2.31. The van der Waals surface area contributed by atoms with Crippen LogP contribution >= 0.6 is 22.9 Å². The SMILES string of the molecule is O=C(NCCc1cnc[nH]1)c1csc(C2CCN(C(=O)Cc3ccccc3Cl)CC2)n1.